The topological polar surface area (TPSA) is 86.5 Å². The molecule has 0 fully saturated rings. The normalized spacial score (nSPS) is 9.88. The lowest BCUT2D eigenvalue weighted by atomic mass is 10.0. The summed E-state index contributed by atoms with van der Waals surface area (Å²) in [7, 11) is 0. The number of hydrogen-bond acceptors (Lipinski definition) is 4. The van der Waals surface area contributed by atoms with Crippen molar-refractivity contribution in [1.29, 1.82) is 10.5 Å². The van der Waals surface area contributed by atoms with Crippen LogP contribution in [0.5, 0.6) is 0 Å². The van der Waals surface area contributed by atoms with Crippen LogP contribution < -0.4 is 5.73 Å². The number of rotatable bonds is 3. The zero-order valence-electron chi connectivity index (χ0n) is 8.24. The van der Waals surface area contributed by atoms with Gasteiger partial charge in [0.05, 0.1) is 18.1 Å². The highest BCUT2D eigenvalue weighted by Gasteiger charge is 2.19. The van der Waals surface area contributed by atoms with Gasteiger partial charge in [0.25, 0.3) is 6.43 Å². The molecule has 0 saturated heterocycles. The molecule has 1 aromatic rings. The number of nitrogens with two attached hydrogens (primary N) is 1. The molecule has 0 aromatic carbocycles. The number of hydrogen-bond donors (Lipinski definition) is 1. The highest BCUT2D eigenvalue weighted by Crippen LogP contribution is 2.24. The van der Waals surface area contributed by atoms with Gasteiger partial charge in [-0.25, -0.2) is 8.78 Å². The van der Waals surface area contributed by atoms with Gasteiger partial charge in [0.1, 0.15) is 11.8 Å². The average molecular weight is 222 g/mol. The Balaban J connectivity index is 3.42. The second-order valence-electron chi connectivity index (χ2n) is 2.97. The van der Waals surface area contributed by atoms with Crippen molar-refractivity contribution in [2.24, 2.45) is 5.73 Å². The first-order valence-corrected chi connectivity index (χ1v) is 4.41. The number of nitrogens with zero attached hydrogens (tertiary/aromatic N) is 3. The maximum atomic E-state index is 12.5. The first-order valence-electron chi connectivity index (χ1n) is 4.41. The van der Waals surface area contributed by atoms with Crippen LogP contribution >= 0.6 is 0 Å². The van der Waals surface area contributed by atoms with E-state index in [9.17, 15) is 8.78 Å². The Bertz CT molecular complexity index is 471. The van der Waals surface area contributed by atoms with Gasteiger partial charge in [-0.15, -0.1) is 0 Å². The highest BCUT2D eigenvalue weighted by molar-refractivity contribution is 5.46. The van der Waals surface area contributed by atoms with Gasteiger partial charge in [-0.2, -0.15) is 10.5 Å². The van der Waals surface area contributed by atoms with Crippen molar-refractivity contribution in [3.63, 3.8) is 0 Å². The lowest BCUT2D eigenvalue weighted by molar-refractivity contribution is 0.145. The molecule has 0 radical (unpaired) electrons. The third-order valence-corrected chi connectivity index (χ3v) is 2.10. The molecule has 1 heterocycles. The highest BCUT2D eigenvalue weighted by atomic mass is 19.3. The third kappa shape index (κ3) is 2.13. The van der Waals surface area contributed by atoms with Gasteiger partial charge in [-0.1, -0.05) is 0 Å². The number of nitriles is 2. The van der Waals surface area contributed by atoms with Crippen LogP contribution in [-0.2, 0) is 13.0 Å². The van der Waals surface area contributed by atoms with E-state index in [0.29, 0.717) is 5.56 Å². The summed E-state index contributed by atoms with van der Waals surface area (Å²) in [5.41, 5.74) is 5.29. The molecule has 2 N–H and O–H groups in total. The SMILES string of the molecule is N#CCc1cnc(C(F)F)c(C#N)c1CN. The Labute approximate surface area is 90.9 Å². The summed E-state index contributed by atoms with van der Waals surface area (Å²) in [6.45, 7) is -0.0673. The molecule has 0 aliphatic carbocycles. The second-order valence-corrected chi connectivity index (χ2v) is 2.97. The molecule has 0 aliphatic rings. The minimum atomic E-state index is -2.82. The molecule has 16 heavy (non-hydrogen) atoms. The van der Waals surface area contributed by atoms with Gasteiger partial charge in [-0.3, -0.25) is 4.98 Å². The molecule has 0 spiro atoms. The van der Waals surface area contributed by atoms with E-state index in [1.54, 1.807) is 6.07 Å². The average Bonchev–Trinajstić information content (AvgIpc) is 2.28. The van der Waals surface area contributed by atoms with E-state index in [-0.39, 0.29) is 24.1 Å². The molecule has 82 valence electrons. The van der Waals surface area contributed by atoms with Crippen LogP contribution in [-0.4, -0.2) is 4.98 Å². The lowest BCUT2D eigenvalue weighted by Crippen LogP contribution is -2.09. The van der Waals surface area contributed by atoms with Gasteiger partial charge in [0.2, 0.25) is 0 Å². The fraction of sp³-hybridized carbons (Fsp3) is 0.300. The third-order valence-electron chi connectivity index (χ3n) is 2.10. The van der Waals surface area contributed by atoms with E-state index in [2.05, 4.69) is 4.98 Å². The molecule has 0 atom stereocenters. The van der Waals surface area contributed by atoms with E-state index in [1.165, 1.54) is 6.20 Å². The summed E-state index contributed by atoms with van der Waals surface area (Å²) in [6.07, 6.45) is -1.65. The Kier molecular flexibility index (Phi) is 3.87. The van der Waals surface area contributed by atoms with Crippen molar-refractivity contribution in [3.8, 4) is 12.1 Å². The number of alkyl halides is 2. The van der Waals surface area contributed by atoms with E-state index >= 15 is 0 Å². The van der Waals surface area contributed by atoms with Gasteiger partial charge >= 0.3 is 0 Å². The van der Waals surface area contributed by atoms with Crippen LogP contribution in [0, 0.1) is 22.7 Å². The Morgan fingerprint density at radius 3 is 2.56 bits per heavy atom. The van der Waals surface area contributed by atoms with Crippen LogP contribution in [0.1, 0.15) is 28.8 Å². The summed E-state index contributed by atoms with van der Waals surface area (Å²) < 4.78 is 25.1. The van der Waals surface area contributed by atoms with Gasteiger partial charge in [-0.05, 0) is 11.1 Å². The molecule has 4 nitrogen and oxygen atoms in total. The van der Waals surface area contributed by atoms with Crippen LogP contribution in [0.15, 0.2) is 6.20 Å². The smallest absolute Gasteiger partial charge is 0.281 e. The van der Waals surface area contributed by atoms with Crippen molar-refractivity contribution in [2.75, 3.05) is 0 Å². The van der Waals surface area contributed by atoms with E-state index in [1.807, 2.05) is 6.07 Å². The molecular weight excluding hydrogens is 214 g/mol. The minimum absolute atomic E-state index is 0.00225. The maximum Gasteiger partial charge on any atom is 0.281 e. The largest absolute Gasteiger partial charge is 0.326 e. The summed E-state index contributed by atoms with van der Waals surface area (Å²) in [5, 5.41) is 17.3. The number of halogens is 2. The molecule has 0 amide bonds. The Morgan fingerprint density at radius 2 is 2.12 bits per heavy atom. The molecule has 0 saturated carbocycles. The number of aromatic nitrogens is 1. The predicted octanol–water partition coefficient (Wildman–Crippen LogP) is 1.42. The predicted molar refractivity (Wildman–Crippen MR) is 51.1 cm³/mol. The fourth-order valence-corrected chi connectivity index (χ4v) is 1.37. The van der Waals surface area contributed by atoms with Crippen molar-refractivity contribution < 1.29 is 8.78 Å². The maximum absolute atomic E-state index is 12.5. The molecule has 6 heteroatoms. The van der Waals surface area contributed by atoms with Gasteiger partial charge in [0, 0.05) is 12.7 Å². The van der Waals surface area contributed by atoms with Crippen molar-refractivity contribution in [1.82, 2.24) is 4.98 Å². The Hall–Kier alpha value is -2.05. The zero-order chi connectivity index (χ0) is 12.1. The van der Waals surface area contributed by atoms with Gasteiger partial charge in [0.15, 0.2) is 0 Å². The van der Waals surface area contributed by atoms with E-state index < -0.39 is 12.1 Å². The molecule has 1 aromatic heterocycles. The van der Waals surface area contributed by atoms with Gasteiger partial charge < -0.3 is 5.73 Å². The molecular formula is C10H8F2N4. The Morgan fingerprint density at radius 1 is 1.44 bits per heavy atom. The quantitative estimate of drug-likeness (QED) is 0.837. The lowest BCUT2D eigenvalue weighted by Gasteiger charge is -2.09. The second kappa shape index (κ2) is 5.15. The van der Waals surface area contributed by atoms with Crippen molar-refractivity contribution in [2.45, 2.75) is 19.4 Å². The van der Waals surface area contributed by atoms with Crippen LogP contribution in [0.4, 0.5) is 8.78 Å². The fourth-order valence-electron chi connectivity index (χ4n) is 1.37. The molecule has 0 unspecified atom stereocenters. The summed E-state index contributed by atoms with van der Waals surface area (Å²) in [5.74, 6) is 0. The summed E-state index contributed by atoms with van der Waals surface area (Å²) in [4.78, 5) is 3.50. The van der Waals surface area contributed by atoms with Crippen molar-refractivity contribution in [3.05, 3.63) is 28.6 Å². The van der Waals surface area contributed by atoms with E-state index in [0.717, 1.165) is 0 Å². The molecule has 0 aliphatic heterocycles. The monoisotopic (exact) mass is 222 g/mol. The molecule has 1 rings (SSSR count). The van der Waals surface area contributed by atoms with Crippen molar-refractivity contribution >= 4 is 0 Å². The summed E-state index contributed by atoms with van der Waals surface area (Å²) >= 11 is 0. The van der Waals surface area contributed by atoms with Crippen LogP contribution in [0.25, 0.3) is 0 Å². The first kappa shape index (κ1) is 12.0. The zero-order valence-corrected chi connectivity index (χ0v) is 8.24. The standard InChI is InChI=1S/C10H8F2N4/c11-10(12)9-8(4-15)7(3-14)6(1-2-13)5-16-9/h5,10H,1,3,14H2. The van der Waals surface area contributed by atoms with Crippen LogP contribution in [0.2, 0.25) is 0 Å². The van der Waals surface area contributed by atoms with E-state index in [4.69, 9.17) is 16.3 Å². The first-order chi connectivity index (χ1) is 7.65. The molecule has 0 bridgehead atoms. The van der Waals surface area contributed by atoms with Crippen LogP contribution in [0.3, 0.4) is 0 Å². The summed E-state index contributed by atoms with van der Waals surface area (Å²) in [6, 6.07) is 3.53. The minimum Gasteiger partial charge on any atom is -0.326 e. The number of pyridine rings is 1.